The third kappa shape index (κ3) is 2.68. The van der Waals surface area contributed by atoms with Gasteiger partial charge in [-0.05, 0) is 72.3 Å². The average molecular weight is 341 g/mol. The maximum Gasteiger partial charge on any atom is 0.248 e. The van der Waals surface area contributed by atoms with Crippen LogP contribution in [0.1, 0.15) is 39.0 Å². The van der Waals surface area contributed by atoms with E-state index in [2.05, 4.69) is 0 Å². The molecule has 0 saturated heterocycles. The fourth-order valence-electron chi connectivity index (χ4n) is 3.82. The van der Waals surface area contributed by atoms with E-state index in [0.29, 0.717) is 29.5 Å². The van der Waals surface area contributed by atoms with Gasteiger partial charge in [-0.25, -0.2) is 4.39 Å². The van der Waals surface area contributed by atoms with Crippen LogP contribution >= 0.6 is 0 Å². The first kappa shape index (κ1) is 17.1. The summed E-state index contributed by atoms with van der Waals surface area (Å²) in [4.78, 5) is 24.1. The summed E-state index contributed by atoms with van der Waals surface area (Å²) >= 11 is 0. The van der Waals surface area contributed by atoms with Crippen molar-refractivity contribution < 1.29 is 14.0 Å². The minimum absolute atomic E-state index is 0.204. The Balaban J connectivity index is 2.35. The molecule has 0 aliphatic heterocycles. The molecule has 2 aromatic carbocycles. The molecule has 130 valence electrons. The zero-order valence-corrected chi connectivity index (χ0v) is 13.7. The number of amides is 2. The molecule has 0 aromatic heterocycles. The van der Waals surface area contributed by atoms with E-state index in [0.717, 1.165) is 11.1 Å². The predicted molar refractivity (Wildman–Crippen MR) is 92.4 cm³/mol. The second kappa shape index (κ2) is 6.29. The van der Waals surface area contributed by atoms with Crippen molar-refractivity contribution in [1.82, 2.24) is 0 Å². The zero-order valence-electron chi connectivity index (χ0n) is 13.7. The maximum absolute atomic E-state index is 14.0. The largest absolute Gasteiger partial charge is 0.369 e. The number of primary amides is 2. The van der Waals surface area contributed by atoms with Gasteiger partial charge in [0, 0.05) is 5.56 Å². The van der Waals surface area contributed by atoms with Gasteiger partial charge in [-0.15, -0.1) is 0 Å². The molecule has 1 aliphatic carbocycles. The van der Waals surface area contributed by atoms with Crippen molar-refractivity contribution >= 4 is 11.8 Å². The number of fused-ring (bicyclic) bond motifs is 2. The minimum atomic E-state index is -1.23. The summed E-state index contributed by atoms with van der Waals surface area (Å²) < 4.78 is 14.0. The standard InChI is InChI=1S/C19H20FN3O2/c20-14-5-3-11-1-2-12-9-13(17(22)24)4-6-15(12)19(7-8-21,18(23)25)16(11)10-14/h3-6,9-10H,1-2,7-8,21H2,(H2,22,24)(H2,23,25). The van der Waals surface area contributed by atoms with Crippen LogP contribution in [0.25, 0.3) is 0 Å². The Morgan fingerprint density at radius 2 is 1.72 bits per heavy atom. The lowest BCUT2D eigenvalue weighted by molar-refractivity contribution is -0.122. The number of benzene rings is 2. The van der Waals surface area contributed by atoms with Crippen LogP contribution in [0, 0.1) is 5.82 Å². The number of carbonyl (C=O) groups is 2. The highest BCUT2D eigenvalue weighted by Gasteiger charge is 2.44. The Labute approximate surface area is 145 Å². The molecule has 6 heteroatoms. The van der Waals surface area contributed by atoms with Gasteiger partial charge >= 0.3 is 0 Å². The third-order valence-corrected chi connectivity index (χ3v) is 4.98. The number of hydrogen-bond donors (Lipinski definition) is 3. The molecule has 6 N–H and O–H groups in total. The second-order valence-electron chi connectivity index (χ2n) is 6.35. The average Bonchev–Trinajstić information content (AvgIpc) is 2.70. The molecule has 5 nitrogen and oxygen atoms in total. The molecule has 1 unspecified atom stereocenters. The molecule has 1 aliphatic rings. The molecule has 0 radical (unpaired) electrons. The Bertz CT molecular complexity index is 866. The highest BCUT2D eigenvalue weighted by atomic mass is 19.1. The van der Waals surface area contributed by atoms with E-state index in [1.54, 1.807) is 24.3 Å². The number of rotatable bonds is 4. The van der Waals surface area contributed by atoms with Crippen molar-refractivity contribution in [3.05, 3.63) is 70.0 Å². The summed E-state index contributed by atoms with van der Waals surface area (Å²) in [5, 5.41) is 0. The van der Waals surface area contributed by atoms with Gasteiger partial charge in [0.1, 0.15) is 11.2 Å². The summed E-state index contributed by atoms with van der Waals surface area (Å²) in [6.45, 7) is 0.204. The number of hydrogen-bond acceptors (Lipinski definition) is 3. The molecule has 0 fully saturated rings. The second-order valence-corrected chi connectivity index (χ2v) is 6.35. The number of carbonyl (C=O) groups excluding carboxylic acids is 2. The van der Waals surface area contributed by atoms with E-state index in [1.165, 1.54) is 12.1 Å². The first-order valence-corrected chi connectivity index (χ1v) is 8.12. The van der Waals surface area contributed by atoms with Crippen molar-refractivity contribution in [2.75, 3.05) is 6.54 Å². The molecule has 2 aromatic rings. The smallest absolute Gasteiger partial charge is 0.248 e. The molecule has 0 spiro atoms. The topological polar surface area (TPSA) is 112 Å². The van der Waals surface area contributed by atoms with Crippen LogP contribution in [0.4, 0.5) is 4.39 Å². The van der Waals surface area contributed by atoms with Crippen LogP contribution in [0.2, 0.25) is 0 Å². The minimum Gasteiger partial charge on any atom is -0.369 e. The van der Waals surface area contributed by atoms with Crippen molar-refractivity contribution in [1.29, 1.82) is 0 Å². The molecule has 2 amide bonds. The SMILES string of the molecule is NCCC1(C(N)=O)c2ccc(C(N)=O)cc2CCc2ccc(F)cc21. The Morgan fingerprint density at radius 3 is 2.36 bits per heavy atom. The lowest BCUT2D eigenvalue weighted by Gasteiger charge is -2.33. The van der Waals surface area contributed by atoms with Crippen LogP contribution in [-0.4, -0.2) is 18.4 Å². The van der Waals surface area contributed by atoms with E-state index < -0.39 is 23.0 Å². The van der Waals surface area contributed by atoms with Gasteiger partial charge in [-0.1, -0.05) is 12.1 Å². The molecular weight excluding hydrogens is 321 g/mol. The van der Waals surface area contributed by atoms with Crippen molar-refractivity contribution in [2.45, 2.75) is 24.7 Å². The molecule has 0 saturated carbocycles. The first-order valence-electron chi connectivity index (χ1n) is 8.12. The fraction of sp³-hybridized carbons (Fsp3) is 0.263. The summed E-state index contributed by atoms with van der Waals surface area (Å²) in [7, 11) is 0. The van der Waals surface area contributed by atoms with Gasteiger partial charge in [0.2, 0.25) is 11.8 Å². The Kier molecular flexibility index (Phi) is 4.30. The predicted octanol–water partition coefficient (Wildman–Crippen LogP) is 1.14. The number of aryl methyl sites for hydroxylation is 2. The molecule has 25 heavy (non-hydrogen) atoms. The van der Waals surface area contributed by atoms with E-state index in [4.69, 9.17) is 17.2 Å². The van der Waals surface area contributed by atoms with Crippen molar-refractivity contribution in [3.63, 3.8) is 0 Å². The maximum atomic E-state index is 14.0. The highest BCUT2D eigenvalue weighted by molar-refractivity contribution is 5.95. The quantitative estimate of drug-likeness (QED) is 0.775. The normalized spacial score (nSPS) is 18.8. The summed E-state index contributed by atoms with van der Waals surface area (Å²) in [6.07, 6.45) is 1.45. The van der Waals surface area contributed by atoms with Crippen LogP contribution in [-0.2, 0) is 23.1 Å². The van der Waals surface area contributed by atoms with E-state index in [-0.39, 0.29) is 13.0 Å². The molecule has 1 atom stereocenters. The van der Waals surface area contributed by atoms with Crippen LogP contribution in [0.3, 0.4) is 0 Å². The summed E-state index contributed by atoms with van der Waals surface area (Å²) in [6, 6.07) is 9.37. The van der Waals surface area contributed by atoms with E-state index in [1.807, 2.05) is 0 Å². The highest BCUT2D eigenvalue weighted by Crippen LogP contribution is 2.42. The van der Waals surface area contributed by atoms with E-state index >= 15 is 0 Å². The van der Waals surface area contributed by atoms with Crippen LogP contribution in [0.5, 0.6) is 0 Å². The Morgan fingerprint density at radius 1 is 1.00 bits per heavy atom. The zero-order chi connectivity index (χ0) is 18.2. The van der Waals surface area contributed by atoms with Crippen molar-refractivity contribution in [3.8, 4) is 0 Å². The van der Waals surface area contributed by atoms with Crippen LogP contribution < -0.4 is 17.2 Å². The Hall–Kier alpha value is -2.73. The fourth-order valence-corrected chi connectivity index (χ4v) is 3.82. The number of nitrogens with two attached hydrogens (primary N) is 3. The van der Waals surface area contributed by atoms with Crippen molar-refractivity contribution in [2.24, 2.45) is 17.2 Å². The summed E-state index contributed by atoms with van der Waals surface area (Å²) in [5.74, 6) is -1.56. The third-order valence-electron chi connectivity index (χ3n) is 4.98. The molecular formula is C19H20FN3O2. The molecule has 3 rings (SSSR count). The van der Waals surface area contributed by atoms with Crippen LogP contribution in [0.15, 0.2) is 36.4 Å². The molecule has 0 heterocycles. The summed E-state index contributed by atoms with van der Waals surface area (Å²) in [5.41, 5.74) is 19.0. The van der Waals surface area contributed by atoms with E-state index in [9.17, 15) is 14.0 Å². The number of halogens is 1. The van der Waals surface area contributed by atoms with Gasteiger partial charge in [0.25, 0.3) is 0 Å². The first-order chi connectivity index (χ1) is 11.9. The van der Waals surface area contributed by atoms with Gasteiger partial charge in [0.15, 0.2) is 0 Å². The lowest BCUT2D eigenvalue weighted by Crippen LogP contribution is -2.44. The molecule has 0 bridgehead atoms. The monoisotopic (exact) mass is 341 g/mol. The lowest BCUT2D eigenvalue weighted by atomic mass is 9.69. The van der Waals surface area contributed by atoms with Gasteiger partial charge in [-0.3, -0.25) is 9.59 Å². The van der Waals surface area contributed by atoms with Gasteiger partial charge in [0.05, 0.1) is 0 Å². The van der Waals surface area contributed by atoms with Gasteiger partial charge in [-0.2, -0.15) is 0 Å². The van der Waals surface area contributed by atoms with Gasteiger partial charge < -0.3 is 17.2 Å².